The van der Waals surface area contributed by atoms with Crippen LogP contribution in [0, 0.1) is 12.8 Å². The van der Waals surface area contributed by atoms with Crippen LogP contribution in [0.4, 0.5) is 0 Å². The van der Waals surface area contributed by atoms with Crippen molar-refractivity contribution in [3.63, 3.8) is 0 Å². The van der Waals surface area contributed by atoms with E-state index in [-0.39, 0.29) is 31.2 Å². The zero-order chi connectivity index (χ0) is 19.1. The van der Waals surface area contributed by atoms with E-state index < -0.39 is 5.97 Å². The molecule has 0 radical (unpaired) electrons. The van der Waals surface area contributed by atoms with Gasteiger partial charge in [0, 0.05) is 31.5 Å². The van der Waals surface area contributed by atoms with E-state index in [4.69, 9.17) is 9.52 Å². The molecule has 1 N–H and O–H groups in total. The van der Waals surface area contributed by atoms with Crippen LogP contribution in [0.25, 0.3) is 11.3 Å². The second-order valence-electron chi connectivity index (χ2n) is 6.77. The van der Waals surface area contributed by atoms with Crippen LogP contribution in [0.2, 0.25) is 0 Å². The van der Waals surface area contributed by atoms with Crippen LogP contribution in [-0.2, 0) is 16.0 Å². The van der Waals surface area contributed by atoms with Gasteiger partial charge in [0.25, 0.3) is 0 Å². The average Bonchev–Trinajstić information content (AvgIpc) is 2.97. The molecule has 6 heteroatoms. The van der Waals surface area contributed by atoms with E-state index in [1.807, 2.05) is 51.1 Å². The summed E-state index contributed by atoms with van der Waals surface area (Å²) in [6, 6.07) is 9.73. The van der Waals surface area contributed by atoms with Crippen LogP contribution in [0.5, 0.6) is 0 Å². The predicted octanol–water partition coefficient (Wildman–Crippen LogP) is 3.54. The van der Waals surface area contributed by atoms with E-state index in [0.717, 1.165) is 17.0 Å². The molecule has 1 aromatic carbocycles. The minimum absolute atomic E-state index is 0.0469. The van der Waals surface area contributed by atoms with Crippen molar-refractivity contribution in [2.24, 2.45) is 5.92 Å². The molecule has 2 aromatic rings. The highest BCUT2D eigenvalue weighted by atomic mass is 16.4. The lowest BCUT2D eigenvalue weighted by Crippen LogP contribution is -2.36. The van der Waals surface area contributed by atoms with Crippen molar-refractivity contribution in [2.75, 3.05) is 13.1 Å². The summed E-state index contributed by atoms with van der Waals surface area (Å²) in [6.07, 6.45) is 0.601. The summed E-state index contributed by atoms with van der Waals surface area (Å²) in [5, 5.41) is 8.86. The third-order valence-electron chi connectivity index (χ3n) is 3.96. The number of carboxylic acid groups (broad SMARTS) is 1. The molecule has 0 saturated carbocycles. The van der Waals surface area contributed by atoms with Crippen LogP contribution in [0.15, 0.2) is 34.7 Å². The number of aliphatic carboxylic acids is 1. The zero-order valence-corrected chi connectivity index (χ0v) is 15.6. The number of oxazole rings is 1. The van der Waals surface area contributed by atoms with Crippen molar-refractivity contribution in [3.8, 4) is 11.3 Å². The van der Waals surface area contributed by atoms with Gasteiger partial charge in [-0.05, 0) is 12.8 Å². The molecular formula is C20H26N2O4. The van der Waals surface area contributed by atoms with Gasteiger partial charge in [0.2, 0.25) is 5.91 Å². The Labute approximate surface area is 153 Å². The largest absolute Gasteiger partial charge is 0.481 e. The Morgan fingerprint density at radius 2 is 1.88 bits per heavy atom. The van der Waals surface area contributed by atoms with Gasteiger partial charge in [-0.25, -0.2) is 4.98 Å². The van der Waals surface area contributed by atoms with Crippen molar-refractivity contribution >= 4 is 11.9 Å². The van der Waals surface area contributed by atoms with Gasteiger partial charge in [-0.1, -0.05) is 44.2 Å². The fourth-order valence-corrected chi connectivity index (χ4v) is 2.78. The minimum atomic E-state index is -0.901. The number of benzene rings is 1. The molecule has 0 bridgehead atoms. The lowest BCUT2D eigenvalue weighted by Gasteiger charge is -2.23. The van der Waals surface area contributed by atoms with Gasteiger partial charge in [-0.15, -0.1) is 0 Å². The average molecular weight is 358 g/mol. The standard InChI is InChI=1S/C20H26N2O4/c1-14(2)13-22(12-11-19(24)25)18(23)10-9-17-21-15(3)20(26-17)16-7-5-4-6-8-16/h4-8,14H,9-13H2,1-3H3,(H,24,25). The molecule has 0 aliphatic rings. The maximum atomic E-state index is 12.5. The summed E-state index contributed by atoms with van der Waals surface area (Å²) >= 11 is 0. The number of nitrogens with zero attached hydrogens (tertiary/aromatic N) is 2. The minimum Gasteiger partial charge on any atom is -0.481 e. The number of carbonyl (C=O) groups is 2. The molecule has 0 fully saturated rings. The van der Waals surface area contributed by atoms with E-state index in [1.54, 1.807) is 4.90 Å². The van der Waals surface area contributed by atoms with E-state index in [0.29, 0.717) is 18.9 Å². The van der Waals surface area contributed by atoms with Crippen molar-refractivity contribution in [2.45, 2.75) is 40.0 Å². The number of hydrogen-bond acceptors (Lipinski definition) is 4. The molecule has 6 nitrogen and oxygen atoms in total. The Morgan fingerprint density at radius 1 is 1.19 bits per heavy atom. The second-order valence-corrected chi connectivity index (χ2v) is 6.77. The van der Waals surface area contributed by atoms with Crippen LogP contribution < -0.4 is 0 Å². The first kappa shape index (κ1) is 19.7. The van der Waals surface area contributed by atoms with Crippen LogP contribution >= 0.6 is 0 Å². The molecule has 2 rings (SSSR count). The highest BCUT2D eigenvalue weighted by Gasteiger charge is 2.18. The van der Waals surface area contributed by atoms with Gasteiger partial charge in [0.1, 0.15) is 0 Å². The topological polar surface area (TPSA) is 83.6 Å². The zero-order valence-electron chi connectivity index (χ0n) is 15.6. The van der Waals surface area contributed by atoms with E-state index >= 15 is 0 Å². The number of amides is 1. The van der Waals surface area contributed by atoms with Gasteiger partial charge in [-0.2, -0.15) is 0 Å². The van der Waals surface area contributed by atoms with Crippen molar-refractivity contribution in [1.82, 2.24) is 9.88 Å². The Balaban J connectivity index is 2.00. The molecule has 26 heavy (non-hydrogen) atoms. The number of aromatic nitrogens is 1. The van der Waals surface area contributed by atoms with Gasteiger partial charge in [0.15, 0.2) is 11.7 Å². The molecule has 0 aliphatic carbocycles. The number of carbonyl (C=O) groups excluding carboxylic acids is 1. The Morgan fingerprint density at radius 3 is 2.50 bits per heavy atom. The van der Waals surface area contributed by atoms with E-state index in [1.165, 1.54) is 0 Å². The summed E-state index contributed by atoms with van der Waals surface area (Å²) in [4.78, 5) is 29.3. The fourth-order valence-electron chi connectivity index (χ4n) is 2.78. The predicted molar refractivity (Wildman–Crippen MR) is 98.7 cm³/mol. The monoisotopic (exact) mass is 358 g/mol. The van der Waals surface area contributed by atoms with Crippen molar-refractivity contribution in [3.05, 3.63) is 41.9 Å². The molecule has 0 saturated heterocycles. The van der Waals surface area contributed by atoms with Crippen LogP contribution in [0.3, 0.4) is 0 Å². The molecule has 1 heterocycles. The number of hydrogen-bond donors (Lipinski definition) is 1. The maximum absolute atomic E-state index is 12.5. The lowest BCUT2D eigenvalue weighted by atomic mass is 10.1. The molecule has 140 valence electrons. The lowest BCUT2D eigenvalue weighted by molar-refractivity contribution is -0.138. The normalized spacial score (nSPS) is 10.9. The van der Waals surface area contributed by atoms with Crippen LogP contribution in [0.1, 0.15) is 38.3 Å². The third kappa shape index (κ3) is 5.72. The van der Waals surface area contributed by atoms with Gasteiger partial charge >= 0.3 is 5.97 Å². The SMILES string of the molecule is Cc1nc(CCC(=O)N(CCC(=O)O)CC(C)C)oc1-c1ccccc1. The summed E-state index contributed by atoms with van der Waals surface area (Å²) < 4.78 is 5.83. The molecular weight excluding hydrogens is 332 g/mol. The molecule has 1 aromatic heterocycles. The fraction of sp³-hybridized carbons (Fsp3) is 0.450. The maximum Gasteiger partial charge on any atom is 0.305 e. The smallest absolute Gasteiger partial charge is 0.305 e. The van der Waals surface area contributed by atoms with Crippen LogP contribution in [-0.4, -0.2) is 40.0 Å². The highest BCUT2D eigenvalue weighted by molar-refractivity contribution is 5.77. The number of carboxylic acids is 1. The summed E-state index contributed by atoms with van der Waals surface area (Å²) in [7, 11) is 0. The summed E-state index contributed by atoms with van der Waals surface area (Å²) in [5.74, 6) is 0.552. The summed E-state index contributed by atoms with van der Waals surface area (Å²) in [6.45, 7) is 6.67. The molecule has 0 atom stereocenters. The van der Waals surface area contributed by atoms with E-state index in [9.17, 15) is 9.59 Å². The Bertz CT molecular complexity index is 738. The number of rotatable bonds is 9. The van der Waals surface area contributed by atoms with Gasteiger partial charge < -0.3 is 14.4 Å². The van der Waals surface area contributed by atoms with Gasteiger partial charge in [0.05, 0.1) is 12.1 Å². The van der Waals surface area contributed by atoms with Gasteiger partial charge in [-0.3, -0.25) is 9.59 Å². The first-order valence-corrected chi connectivity index (χ1v) is 8.88. The molecule has 0 aliphatic heterocycles. The highest BCUT2D eigenvalue weighted by Crippen LogP contribution is 2.24. The second kappa shape index (κ2) is 9.17. The molecule has 1 amide bonds. The summed E-state index contributed by atoms with van der Waals surface area (Å²) in [5.41, 5.74) is 1.75. The van der Waals surface area contributed by atoms with Crippen molar-refractivity contribution in [1.29, 1.82) is 0 Å². The number of aryl methyl sites for hydroxylation is 2. The van der Waals surface area contributed by atoms with Crippen molar-refractivity contribution < 1.29 is 19.1 Å². The van der Waals surface area contributed by atoms with E-state index in [2.05, 4.69) is 4.98 Å². The quantitative estimate of drug-likeness (QED) is 0.741. The first-order valence-electron chi connectivity index (χ1n) is 8.88. The molecule has 0 spiro atoms. The first-order chi connectivity index (χ1) is 12.4. The third-order valence-corrected chi connectivity index (χ3v) is 3.96. The molecule has 0 unspecified atom stereocenters. The Kier molecular flexibility index (Phi) is 6.95. The Hall–Kier alpha value is -2.63.